The smallest absolute Gasteiger partial charge is 0.323 e. The number of carbonyl (C=O) groups is 2. The zero-order valence-electron chi connectivity index (χ0n) is 26.0. The number of nitrogens with zero attached hydrogens (tertiary/aromatic N) is 3. The van der Waals surface area contributed by atoms with Gasteiger partial charge >= 0.3 is 5.97 Å². The third-order valence-electron chi connectivity index (χ3n) is 8.72. The maximum atomic E-state index is 13.0. The molecule has 1 saturated carbocycles. The number of benzene rings is 1. The first-order chi connectivity index (χ1) is 19.6. The molecule has 1 aromatic heterocycles. The Morgan fingerprint density at radius 3 is 2.46 bits per heavy atom. The summed E-state index contributed by atoms with van der Waals surface area (Å²) >= 11 is 0. The van der Waals surface area contributed by atoms with Crippen LogP contribution < -0.4 is 5.32 Å². The van der Waals surface area contributed by atoms with Gasteiger partial charge in [0.1, 0.15) is 18.0 Å². The van der Waals surface area contributed by atoms with Crippen LogP contribution in [0.25, 0.3) is 16.6 Å². The third-order valence-corrected chi connectivity index (χ3v) is 8.72. The summed E-state index contributed by atoms with van der Waals surface area (Å²) in [5.41, 5.74) is 4.83. The van der Waals surface area contributed by atoms with E-state index in [1.807, 2.05) is 26.0 Å². The lowest BCUT2D eigenvalue weighted by Crippen LogP contribution is -2.40. The Morgan fingerprint density at radius 2 is 1.83 bits per heavy atom. The molecular formula is C34H50N4O3. The highest BCUT2D eigenvalue weighted by Crippen LogP contribution is 2.28. The molecule has 0 bridgehead atoms. The van der Waals surface area contributed by atoms with Gasteiger partial charge in [0.15, 0.2) is 5.78 Å². The number of rotatable bonds is 12. The highest BCUT2D eigenvalue weighted by atomic mass is 16.5. The second kappa shape index (κ2) is 14.4. The van der Waals surface area contributed by atoms with Crippen LogP contribution in [0, 0.1) is 11.8 Å². The number of likely N-dealkylation sites (tertiary alicyclic amines) is 1. The van der Waals surface area contributed by atoms with E-state index in [1.54, 1.807) is 6.92 Å². The summed E-state index contributed by atoms with van der Waals surface area (Å²) in [7, 11) is 2.19. The molecule has 7 nitrogen and oxygen atoms in total. The molecule has 2 fully saturated rings. The largest absolute Gasteiger partial charge is 0.461 e. The van der Waals surface area contributed by atoms with Crippen molar-refractivity contribution in [1.82, 2.24) is 19.8 Å². The van der Waals surface area contributed by atoms with Crippen molar-refractivity contribution in [2.24, 2.45) is 11.8 Å². The number of piperidine rings is 1. The number of nitrogens with one attached hydrogen (secondary N) is 1. The van der Waals surface area contributed by atoms with Crippen LogP contribution in [0.3, 0.4) is 0 Å². The van der Waals surface area contributed by atoms with E-state index in [-0.39, 0.29) is 23.9 Å². The fraction of sp³-hybridized carbons (Fsp3) is 0.618. The second-order valence-corrected chi connectivity index (χ2v) is 12.6. The van der Waals surface area contributed by atoms with Crippen molar-refractivity contribution in [1.29, 1.82) is 0 Å². The van der Waals surface area contributed by atoms with Crippen LogP contribution in [0.1, 0.15) is 91.0 Å². The quantitative estimate of drug-likeness (QED) is 0.186. The molecule has 1 aliphatic carbocycles. The van der Waals surface area contributed by atoms with E-state index in [0.29, 0.717) is 18.4 Å². The van der Waals surface area contributed by atoms with Crippen molar-refractivity contribution in [2.45, 2.75) is 105 Å². The van der Waals surface area contributed by atoms with Crippen molar-refractivity contribution in [3.05, 3.63) is 47.3 Å². The van der Waals surface area contributed by atoms with Gasteiger partial charge in [-0.15, -0.1) is 0 Å². The summed E-state index contributed by atoms with van der Waals surface area (Å²) in [6.07, 6.45) is 11.4. The Hall–Kier alpha value is -2.77. The standard InChI is InChI=1S/C34H50N4O3/c1-7-28(19-24(4)25(5)39)33-36-30-20-27(12-13-32(30)38(33)22-26-14-16-37(6)17-15-26)21-35-31(18-23(2)3)34(40)41-29-10-8-9-11-29/h7,12-13,19-20,23,26,29,31,35H,8-11,14-18,21-22H2,1-6H3/b24-19-,28-7+. The van der Waals surface area contributed by atoms with E-state index in [9.17, 15) is 9.59 Å². The van der Waals surface area contributed by atoms with Crippen LogP contribution in [-0.2, 0) is 27.4 Å². The molecule has 1 N–H and O–H groups in total. The van der Waals surface area contributed by atoms with E-state index in [2.05, 4.69) is 53.9 Å². The predicted molar refractivity (Wildman–Crippen MR) is 166 cm³/mol. The van der Waals surface area contributed by atoms with Crippen LogP contribution in [0.5, 0.6) is 0 Å². The van der Waals surface area contributed by atoms with Gasteiger partial charge in [0, 0.05) is 18.7 Å². The van der Waals surface area contributed by atoms with E-state index in [0.717, 1.165) is 85.3 Å². The van der Waals surface area contributed by atoms with Gasteiger partial charge in [-0.2, -0.15) is 0 Å². The summed E-state index contributed by atoms with van der Waals surface area (Å²) in [4.78, 5) is 32.6. The average Bonchev–Trinajstić information content (AvgIpc) is 3.58. The first kappa shape index (κ1) is 31.2. The number of aromatic nitrogens is 2. The predicted octanol–water partition coefficient (Wildman–Crippen LogP) is 6.31. The van der Waals surface area contributed by atoms with Crippen LogP contribution in [-0.4, -0.2) is 58.5 Å². The normalized spacial score (nSPS) is 18.9. The number of Topliss-reactive ketones (excluding diaryl/α,β-unsaturated/α-hetero) is 1. The summed E-state index contributed by atoms with van der Waals surface area (Å²) in [6.45, 7) is 13.5. The molecule has 2 aromatic rings. The van der Waals surface area contributed by atoms with Crippen LogP contribution in [0.2, 0.25) is 0 Å². The van der Waals surface area contributed by atoms with Crippen molar-refractivity contribution < 1.29 is 14.3 Å². The molecule has 0 radical (unpaired) electrons. The van der Waals surface area contributed by atoms with Crippen molar-refractivity contribution in [3.63, 3.8) is 0 Å². The summed E-state index contributed by atoms with van der Waals surface area (Å²) in [6, 6.07) is 6.13. The molecular weight excluding hydrogens is 512 g/mol. The number of hydrogen-bond donors (Lipinski definition) is 1. The Morgan fingerprint density at radius 1 is 1.12 bits per heavy atom. The van der Waals surface area contributed by atoms with Gasteiger partial charge in [0.25, 0.3) is 0 Å². The summed E-state index contributed by atoms with van der Waals surface area (Å²) in [5, 5.41) is 3.50. The molecule has 224 valence electrons. The lowest BCUT2D eigenvalue weighted by Gasteiger charge is -2.29. The van der Waals surface area contributed by atoms with E-state index >= 15 is 0 Å². The van der Waals surface area contributed by atoms with Crippen molar-refractivity contribution in [3.8, 4) is 0 Å². The number of hydrogen-bond acceptors (Lipinski definition) is 6. The maximum Gasteiger partial charge on any atom is 0.323 e. The maximum absolute atomic E-state index is 13.0. The van der Waals surface area contributed by atoms with Gasteiger partial charge in [-0.3, -0.25) is 9.59 Å². The highest BCUT2D eigenvalue weighted by Gasteiger charge is 2.26. The molecule has 1 aliphatic heterocycles. The van der Waals surface area contributed by atoms with Gasteiger partial charge in [-0.25, -0.2) is 4.98 Å². The molecule has 1 unspecified atom stereocenters. The van der Waals surface area contributed by atoms with Gasteiger partial charge in [0.2, 0.25) is 0 Å². The van der Waals surface area contributed by atoms with E-state index < -0.39 is 0 Å². The number of esters is 1. The molecule has 2 aliphatic rings. The molecule has 4 rings (SSSR count). The van der Waals surface area contributed by atoms with Crippen LogP contribution in [0.4, 0.5) is 0 Å². The van der Waals surface area contributed by atoms with Gasteiger partial charge in [-0.1, -0.05) is 26.0 Å². The minimum absolute atomic E-state index is 0.0677. The fourth-order valence-corrected chi connectivity index (χ4v) is 6.03. The molecule has 0 spiro atoms. The lowest BCUT2D eigenvalue weighted by atomic mass is 9.97. The Balaban J connectivity index is 1.59. The number of ether oxygens (including phenoxy) is 1. The first-order valence-electron chi connectivity index (χ1n) is 15.6. The minimum Gasteiger partial charge on any atom is -0.461 e. The highest BCUT2D eigenvalue weighted by molar-refractivity contribution is 5.96. The Kier molecular flexibility index (Phi) is 11.0. The monoisotopic (exact) mass is 562 g/mol. The van der Waals surface area contributed by atoms with E-state index in [4.69, 9.17) is 9.72 Å². The SMILES string of the molecule is C/C=C(\C=C(\C)C(C)=O)c1nc2cc(CNC(CC(C)C)C(=O)OC3CCCC3)ccc2n1CC1CCN(C)CC1. The van der Waals surface area contributed by atoms with Gasteiger partial charge in [-0.05, 0) is 127 Å². The minimum atomic E-state index is -0.321. The fourth-order valence-electron chi connectivity index (χ4n) is 6.03. The Bertz CT molecular complexity index is 1260. The van der Waals surface area contributed by atoms with Crippen LogP contribution in [0.15, 0.2) is 35.9 Å². The topological polar surface area (TPSA) is 76.5 Å². The molecule has 7 heteroatoms. The molecule has 1 saturated heterocycles. The van der Waals surface area contributed by atoms with Gasteiger partial charge in [0.05, 0.1) is 11.0 Å². The Labute approximate surface area is 246 Å². The molecule has 1 aromatic carbocycles. The summed E-state index contributed by atoms with van der Waals surface area (Å²) < 4.78 is 8.21. The van der Waals surface area contributed by atoms with E-state index in [1.165, 1.54) is 12.8 Å². The number of imidazole rings is 1. The molecule has 1 atom stereocenters. The lowest BCUT2D eigenvalue weighted by molar-refractivity contribution is -0.151. The van der Waals surface area contributed by atoms with Crippen molar-refractivity contribution >= 4 is 28.4 Å². The van der Waals surface area contributed by atoms with Crippen molar-refractivity contribution in [2.75, 3.05) is 20.1 Å². The van der Waals surface area contributed by atoms with Crippen LogP contribution >= 0.6 is 0 Å². The molecule has 41 heavy (non-hydrogen) atoms. The third kappa shape index (κ3) is 8.39. The number of allylic oxidation sites excluding steroid dienone is 4. The first-order valence-corrected chi connectivity index (χ1v) is 15.6. The molecule has 2 heterocycles. The number of fused-ring (bicyclic) bond motifs is 1. The summed E-state index contributed by atoms with van der Waals surface area (Å²) in [5.74, 6) is 1.82. The molecule has 0 amide bonds. The van der Waals surface area contributed by atoms with Gasteiger partial charge < -0.3 is 19.5 Å². The second-order valence-electron chi connectivity index (χ2n) is 12.6. The average molecular weight is 563 g/mol. The zero-order chi connectivity index (χ0) is 29.5. The zero-order valence-corrected chi connectivity index (χ0v) is 26.0. The number of carbonyl (C=O) groups excluding carboxylic acids is 2. The number of ketones is 1.